The van der Waals surface area contributed by atoms with Crippen molar-refractivity contribution in [1.29, 1.82) is 0 Å². The van der Waals surface area contributed by atoms with E-state index in [0.29, 0.717) is 0 Å². The van der Waals surface area contributed by atoms with Crippen LogP contribution in [-0.2, 0) is 0 Å². The van der Waals surface area contributed by atoms with E-state index in [1.807, 2.05) is 13.1 Å². The first-order valence-corrected chi connectivity index (χ1v) is 7.24. The van der Waals surface area contributed by atoms with Crippen LogP contribution in [0, 0.1) is 0 Å². The van der Waals surface area contributed by atoms with Gasteiger partial charge in [-0.15, -0.1) is 22.7 Å². The first kappa shape index (κ1) is 11.6. The van der Waals surface area contributed by atoms with Gasteiger partial charge in [-0.1, -0.05) is 11.6 Å². The van der Waals surface area contributed by atoms with Crippen molar-refractivity contribution in [2.45, 2.75) is 6.04 Å². The molecular formula is C10H9BrClNS2. The summed E-state index contributed by atoms with van der Waals surface area (Å²) in [6.45, 7) is 0. The maximum absolute atomic E-state index is 5.94. The number of hydrogen-bond donors (Lipinski definition) is 1. The SMILES string of the molecule is CNC(c1csc(Br)c1)c1ccc(Cl)s1. The van der Waals surface area contributed by atoms with E-state index in [2.05, 4.69) is 38.8 Å². The molecule has 0 aliphatic heterocycles. The molecule has 0 aliphatic rings. The highest BCUT2D eigenvalue weighted by molar-refractivity contribution is 9.11. The summed E-state index contributed by atoms with van der Waals surface area (Å²) in [6, 6.07) is 6.39. The van der Waals surface area contributed by atoms with E-state index in [0.717, 1.165) is 8.12 Å². The molecule has 2 aromatic heterocycles. The van der Waals surface area contributed by atoms with Gasteiger partial charge in [0.05, 0.1) is 14.2 Å². The van der Waals surface area contributed by atoms with Gasteiger partial charge in [-0.25, -0.2) is 0 Å². The van der Waals surface area contributed by atoms with Gasteiger partial charge in [0.15, 0.2) is 0 Å². The smallest absolute Gasteiger partial charge is 0.0931 e. The zero-order valence-corrected chi connectivity index (χ0v) is 11.9. The summed E-state index contributed by atoms with van der Waals surface area (Å²) in [5, 5.41) is 5.45. The van der Waals surface area contributed by atoms with Gasteiger partial charge < -0.3 is 5.32 Å². The molecule has 0 saturated heterocycles. The average Bonchev–Trinajstić information content (AvgIpc) is 2.78. The van der Waals surface area contributed by atoms with Crippen LogP contribution in [0.25, 0.3) is 0 Å². The van der Waals surface area contributed by atoms with Gasteiger partial charge in [-0.3, -0.25) is 0 Å². The van der Waals surface area contributed by atoms with E-state index >= 15 is 0 Å². The summed E-state index contributed by atoms with van der Waals surface area (Å²) >= 11 is 12.7. The van der Waals surface area contributed by atoms with Crippen LogP contribution in [0.1, 0.15) is 16.5 Å². The van der Waals surface area contributed by atoms with Gasteiger partial charge in [0.1, 0.15) is 0 Å². The first-order valence-electron chi connectivity index (χ1n) is 4.37. The van der Waals surface area contributed by atoms with Crippen molar-refractivity contribution in [3.05, 3.63) is 42.1 Å². The second-order valence-corrected chi connectivity index (χ2v) is 7.08. The number of hydrogen-bond acceptors (Lipinski definition) is 3. The zero-order valence-electron chi connectivity index (χ0n) is 7.96. The van der Waals surface area contributed by atoms with E-state index in [9.17, 15) is 0 Å². The Bertz CT molecular complexity index is 411. The molecule has 80 valence electrons. The highest BCUT2D eigenvalue weighted by atomic mass is 79.9. The van der Waals surface area contributed by atoms with E-state index in [1.165, 1.54) is 10.4 Å². The highest BCUT2D eigenvalue weighted by Crippen LogP contribution is 2.33. The third-order valence-electron chi connectivity index (χ3n) is 2.09. The van der Waals surface area contributed by atoms with E-state index in [1.54, 1.807) is 22.7 Å². The van der Waals surface area contributed by atoms with Crippen molar-refractivity contribution in [2.75, 3.05) is 7.05 Å². The fourth-order valence-electron chi connectivity index (χ4n) is 1.43. The maximum Gasteiger partial charge on any atom is 0.0931 e. The Balaban J connectivity index is 2.32. The zero-order chi connectivity index (χ0) is 10.8. The van der Waals surface area contributed by atoms with Gasteiger partial charge >= 0.3 is 0 Å². The van der Waals surface area contributed by atoms with Crippen LogP contribution in [0.4, 0.5) is 0 Å². The van der Waals surface area contributed by atoms with Crippen molar-refractivity contribution < 1.29 is 0 Å². The van der Waals surface area contributed by atoms with Crippen LogP contribution in [0.15, 0.2) is 27.4 Å². The van der Waals surface area contributed by atoms with Gasteiger partial charge in [-0.05, 0) is 52.1 Å². The Labute approximate surface area is 110 Å². The number of rotatable bonds is 3. The second kappa shape index (κ2) is 4.97. The van der Waals surface area contributed by atoms with Crippen LogP contribution >= 0.6 is 50.2 Å². The summed E-state index contributed by atoms with van der Waals surface area (Å²) in [5.41, 5.74) is 1.27. The van der Waals surface area contributed by atoms with Crippen LogP contribution < -0.4 is 5.32 Å². The lowest BCUT2D eigenvalue weighted by Gasteiger charge is -2.12. The fourth-order valence-corrected chi connectivity index (χ4v) is 3.83. The minimum Gasteiger partial charge on any atom is -0.309 e. The largest absolute Gasteiger partial charge is 0.309 e. The third kappa shape index (κ3) is 2.63. The van der Waals surface area contributed by atoms with Crippen LogP contribution in [0.3, 0.4) is 0 Å². The molecule has 2 rings (SSSR count). The van der Waals surface area contributed by atoms with Crippen LogP contribution in [0.2, 0.25) is 4.34 Å². The maximum atomic E-state index is 5.94. The van der Waals surface area contributed by atoms with Crippen molar-refractivity contribution in [2.24, 2.45) is 0 Å². The van der Waals surface area contributed by atoms with E-state index in [4.69, 9.17) is 11.6 Å². The highest BCUT2D eigenvalue weighted by Gasteiger charge is 2.15. The fraction of sp³-hybridized carbons (Fsp3) is 0.200. The van der Waals surface area contributed by atoms with Gasteiger partial charge in [0.2, 0.25) is 0 Å². The molecule has 0 spiro atoms. The molecule has 1 nitrogen and oxygen atoms in total. The molecule has 15 heavy (non-hydrogen) atoms. The molecule has 5 heteroatoms. The summed E-state index contributed by atoms with van der Waals surface area (Å²) in [6.07, 6.45) is 0. The lowest BCUT2D eigenvalue weighted by atomic mass is 10.1. The Morgan fingerprint density at radius 3 is 2.73 bits per heavy atom. The minimum absolute atomic E-state index is 0.241. The predicted octanol–water partition coefficient (Wildman–Crippen LogP) is 4.53. The molecule has 0 bridgehead atoms. The molecule has 0 radical (unpaired) electrons. The Morgan fingerprint density at radius 1 is 1.47 bits per heavy atom. The number of nitrogens with one attached hydrogen (secondary N) is 1. The van der Waals surface area contributed by atoms with Gasteiger partial charge in [-0.2, -0.15) is 0 Å². The van der Waals surface area contributed by atoms with Crippen LogP contribution in [-0.4, -0.2) is 7.05 Å². The molecule has 0 fully saturated rings. The Hall–Kier alpha value is 0.130. The molecule has 1 unspecified atom stereocenters. The molecule has 2 heterocycles. The number of thiophene rings is 2. The minimum atomic E-state index is 0.241. The molecule has 1 atom stereocenters. The normalized spacial score (nSPS) is 13.0. The van der Waals surface area contributed by atoms with Gasteiger partial charge in [0.25, 0.3) is 0 Å². The van der Waals surface area contributed by atoms with Gasteiger partial charge in [0, 0.05) is 4.88 Å². The Morgan fingerprint density at radius 2 is 2.27 bits per heavy atom. The van der Waals surface area contributed by atoms with Crippen molar-refractivity contribution in [3.63, 3.8) is 0 Å². The molecule has 0 aliphatic carbocycles. The first-order chi connectivity index (χ1) is 7.20. The predicted molar refractivity (Wildman–Crippen MR) is 72.3 cm³/mol. The molecule has 1 N–H and O–H groups in total. The summed E-state index contributed by atoms with van der Waals surface area (Å²) in [4.78, 5) is 1.24. The summed E-state index contributed by atoms with van der Waals surface area (Å²) in [7, 11) is 1.96. The molecular weight excluding hydrogens is 314 g/mol. The number of halogens is 2. The molecule has 0 amide bonds. The average molecular weight is 323 g/mol. The molecule has 0 aromatic carbocycles. The second-order valence-electron chi connectivity index (χ2n) is 3.05. The summed E-state index contributed by atoms with van der Waals surface area (Å²) < 4.78 is 1.99. The van der Waals surface area contributed by atoms with E-state index in [-0.39, 0.29) is 6.04 Å². The Kier molecular flexibility index (Phi) is 3.85. The third-order valence-corrected chi connectivity index (χ3v) is 4.91. The quantitative estimate of drug-likeness (QED) is 0.875. The van der Waals surface area contributed by atoms with E-state index < -0.39 is 0 Å². The molecule has 2 aromatic rings. The van der Waals surface area contributed by atoms with Crippen molar-refractivity contribution in [1.82, 2.24) is 5.32 Å². The van der Waals surface area contributed by atoms with Crippen molar-refractivity contribution in [3.8, 4) is 0 Å². The topological polar surface area (TPSA) is 12.0 Å². The standard InChI is InChI=1S/C10H9BrClNS2/c1-13-10(6-4-8(11)14-5-6)7-2-3-9(12)15-7/h2-5,10,13H,1H3. The van der Waals surface area contributed by atoms with Crippen LogP contribution in [0.5, 0.6) is 0 Å². The van der Waals surface area contributed by atoms with Crippen molar-refractivity contribution >= 4 is 50.2 Å². The monoisotopic (exact) mass is 321 g/mol. The lowest BCUT2D eigenvalue weighted by molar-refractivity contribution is 0.706. The lowest BCUT2D eigenvalue weighted by Crippen LogP contribution is -2.15. The molecule has 0 saturated carbocycles. The summed E-state index contributed by atoms with van der Waals surface area (Å²) in [5.74, 6) is 0.